The molecule has 0 unspecified atom stereocenters. The van der Waals surface area contributed by atoms with Crippen molar-refractivity contribution >= 4 is 10.2 Å². The third-order valence-electron chi connectivity index (χ3n) is 4.30. The largest absolute Gasteiger partial charge is 0.324 e. The lowest BCUT2D eigenvalue weighted by Gasteiger charge is -2.30. The van der Waals surface area contributed by atoms with Crippen LogP contribution in [0.3, 0.4) is 0 Å². The van der Waals surface area contributed by atoms with Gasteiger partial charge in [0, 0.05) is 22.4 Å². The molecule has 0 radical (unpaired) electrons. The number of hydrogen-bond donors (Lipinski definition) is 1. The summed E-state index contributed by atoms with van der Waals surface area (Å²) in [6, 6.07) is 12.3. The molecule has 0 heterocycles. The molecule has 0 aromatic heterocycles. The van der Waals surface area contributed by atoms with E-state index in [9.17, 15) is 0 Å². The Morgan fingerprint density at radius 1 is 0.864 bits per heavy atom. The monoisotopic (exact) mass is 321 g/mol. The maximum absolute atomic E-state index is 3.62. The summed E-state index contributed by atoms with van der Waals surface area (Å²) in [5.41, 5.74) is 1.43. The summed E-state index contributed by atoms with van der Waals surface area (Å²) in [5, 5.41) is 3.62. The maximum Gasteiger partial charge on any atom is 0.104 e. The van der Waals surface area contributed by atoms with Crippen molar-refractivity contribution in [2.24, 2.45) is 0 Å². The van der Waals surface area contributed by atoms with Crippen molar-refractivity contribution in [2.45, 2.75) is 51.1 Å². The van der Waals surface area contributed by atoms with Gasteiger partial charge in [0.25, 0.3) is 0 Å². The Balaban J connectivity index is 1.99. The second-order valence-electron chi connectivity index (χ2n) is 7.17. The van der Waals surface area contributed by atoms with Crippen molar-refractivity contribution in [2.75, 3.05) is 33.7 Å². The highest BCUT2D eigenvalue weighted by Crippen LogP contribution is 2.08. The first kappa shape index (κ1) is 19.4. The molecule has 1 rings (SSSR count). The summed E-state index contributed by atoms with van der Waals surface area (Å²) in [5.74, 6) is 0. The second-order valence-corrected chi connectivity index (χ2v) is 8.17. The predicted octanol–water partition coefficient (Wildman–Crippen LogP) is 2.98. The Bertz CT molecular complexity index is 365. The predicted molar refractivity (Wildman–Crippen MR) is 102 cm³/mol. The minimum atomic E-state index is 1.05. The van der Waals surface area contributed by atoms with Crippen LogP contribution in [0.25, 0.3) is 0 Å². The van der Waals surface area contributed by atoms with E-state index in [1.165, 1.54) is 73.5 Å². The molecule has 1 N–H and O–H groups in total. The molecule has 3 heteroatoms. The van der Waals surface area contributed by atoms with Crippen molar-refractivity contribution in [3.63, 3.8) is 0 Å². The zero-order chi connectivity index (χ0) is 16.1. The summed E-state index contributed by atoms with van der Waals surface area (Å²) >= 11 is 0. The van der Waals surface area contributed by atoms with E-state index in [4.69, 9.17) is 0 Å². The van der Waals surface area contributed by atoms with Gasteiger partial charge >= 0.3 is 0 Å². The van der Waals surface area contributed by atoms with Crippen LogP contribution in [0.4, 0.5) is 0 Å². The number of nitrogens with zero attached hydrogens (tertiary/aromatic N) is 1. The zero-order valence-electron chi connectivity index (χ0n) is 15.1. The van der Waals surface area contributed by atoms with E-state index in [-0.39, 0.29) is 0 Å². The molecule has 0 aliphatic rings. The van der Waals surface area contributed by atoms with Gasteiger partial charge in [-0.25, -0.2) is 0 Å². The normalized spacial score (nSPS) is 11.9. The van der Waals surface area contributed by atoms with Crippen molar-refractivity contribution in [1.82, 2.24) is 5.32 Å². The number of rotatable bonds is 13. The van der Waals surface area contributed by atoms with Crippen molar-refractivity contribution in [1.29, 1.82) is 0 Å². The van der Waals surface area contributed by atoms with Crippen LogP contribution >= 0.6 is 0 Å². The molecule has 2 nitrogen and oxygen atoms in total. The molecule has 0 amide bonds. The Morgan fingerprint density at radius 3 is 2.18 bits per heavy atom. The lowest BCUT2D eigenvalue weighted by molar-refractivity contribution is -0.902. The Labute approximate surface area is 141 Å². The van der Waals surface area contributed by atoms with Gasteiger partial charge in [-0.2, -0.15) is 0 Å². The summed E-state index contributed by atoms with van der Waals surface area (Å²) in [4.78, 5) is 0. The van der Waals surface area contributed by atoms with Crippen LogP contribution in [0, 0.1) is 0 Å². The number of unbranched alkanes of at least 4 members (excludes halogenated alkanes) is 5. The average Bonchev–Trinajstić information content (AvgIpc) is 2.49. The number of benzene rings is 1. The van der Waals surface area contributed by atoms with Crippen LogP contribution in [0.5, 0.6) is 0 Å². The van der Waals surface area contributed by atoms with Gasteiger partial charge in [-0.1, -0.05) is 68.5 Å². The van der Waals surface area contributed by atoms with E-state index in [1.54, 1.807) is 0 Å². The number of likely N-dealkylation sites (N-methyl/N-ethyl adjacent to an activating group) is 1. The summed E-state index contributed by atoms with van der Waals surface area (Å²) in [6.07, 6.45) is 8.55. The third kappa shape index (κ3) is 10.1. The SMILES string of the molecule is C[N+](C)(CCNCCCCCCCC[SiH3])Cc1ccccc1. The van der Waals surface area contributed by atoms with Crippen LogP contribution in [-0.2, 0) is 6.54 Å². The van der Waals surface area contributed by atoms with Crippen molar-refractivity contribution in [3.8, 4) is 0 Å². The number of nitrogens with one attached hydrogen (secondary N) is 1. The van der Waals surface area contributed by atoms with Crippen LogP contribution in [0.2, 0.25) is 6.04 Å². The fourth-order valence-electron chi connectivity index (χ4n) is 2.87. The number of hydrogen-bond acceptors (Lipinski definition) is 1. The molecular weight excluding hydrogens is 284 g/mol. The molecular formula is C19H37N2Si+. The summed E-state index contributed by atoms with van der Waals surface area (Å²) in [6.45, 7) is 4.62. The topological polar surface area (TPSA) is 12.0 Å². The van der Waals surface area contributed by atoms with Crippen LogP contribution in [-0.4, -0.2) is 48.5 Å². The Hall–Kier alpha value is -0.643. The summed E-state index contributed by atoms with van der Waals surface area (Å²) in [7, 11) is 6.04. The molecule has 0 atom stereocenters. The Kier molecular flexibility index (Phi) is 10.5. The first-order valence-electron chi connectivity index (χ1n) is 9.21. The molecule has 0 spiro atoms. The van der Waals surface area contributed by atoms with Crippen LogP contribution in [0.1, 0.15) is 44.1 Å². The molecule has 0 saturated carbocycles. The quantitative estimate of drug-likeness (QED) is 0.335. The van der Waals surface area contributed by atoms with Gasteiger partial charge in [-0.05, 0) is 13.0 Å². The molecule has 0 saturated heterocycles. The fourth-order valence-corrected chi connectivity index (χ4v) is 3.37. The molecule has 0 aliphatic carbocycles. The van der Waals surface area contributed by atoms with E-state index in [1.807, 2.05) is 0 Å². The van der Waals surface area contributed by atoms with Gasteiger partial charge in [-0.15, -0.1) is 0 Å². The van der Waals surface area contributed by atoms with Gasteiger partial charge in [0.1, 0.15) is 6.54 Å². The molecule has 126 valence electrons. The van der Waals surface area contributed by atoms with E-state index in [0.29, 0.717) is 0 Å². The van der Waals surface area contributed by atoms with E-state index < -0.39 is 0 Å². The maximum atomic E-state index is 3.62. The number of quaternary nitrogens is 1. The van der Waals surface area contributed by atoms with E-state index >= 15 is 0 Å². The van der Waals surface area contributed by atoms with Gasteiger partial charge in [0.2, 0.25) is 0 Å². The molecule has 22 heavy (non-hydrogen) atoms. The van der Waals surface area contributed by atoms with E-state index in [0.717, 1.165) is 17.6 Å². The molecule has 1 aromatic rings. The average molecular weight is 322 g/mol. The zero-order valence-corrected chi connectivity index (χ0v) is 17.1. The lowest BCUT2D eigenvalue weighted by Crippen LogP contribution is -2.43. The standard InChI is InChI=1S/C19H37N2Si/c1-21(2,18-19-12-8-7-9-13-19)16-15-20-14-10-5-3-4-6-11-17-22/h7-9,12-13,20H,3-6,10-11,14-18H2,1-2,22H3/q+1. The molecule has 1 aromatic carbocycles. The first-order chi connectivity index (χ1) is 10.6. The van der Waals surface area contributed by atoms with Crippen LogP contribution in [0.15, 0.2) is 30.3 Å². The minimum Gasteiger partial charge on any atom is -0.324 e. The molecule has 0 aliphatic heterocycles. The Morgan fingerprint density at radius 2 is 1.50 bits per heavy atom. The molecule has 0 fully saturated rings. The van der Waals surface area contributed by atoms with Gasteiger partial charge in [0.15, 0.2) is 0 Å². The first-order valence-corrected chi connectivity index (χ1v) is 10.6. The van der Waals surface area contributed by atoms with Crippen molar-refractivity contribution < 1.29 is 4.48 Å². The lowest BCUT2D eigenvalue weighted by atomic mass is 10.1. The highest BCUT2D eigenvalue weighted by molar-refractivity contribution is 6.08. The van der Waals surface area contributed by atoms with E-state index in [2.05, 4.69) is 49.7 Å². The van der Waals surface area contributed by atoms with Gasteiger partial charge in [0.05, 0.1) is 20.6 Å². The smallest absolute Gasteiger partial charge is 0.104 e. The second kappa shape index (κ2) is 11.9. The molecule has 0 bridgehead atoms. The van der Waals surface area contributed by atoms with Gasteiger partial charge in [-0.3, -0.25) is 0 Å². The van der Waals surface area contributed by atoms with Gasteiger partial charge < -0.3 is 9.80 Å². The third-order valence-corrected chi connectivity index (χ3v) is 5.01. The minimum absolute atomic E-state index is 1.05. The highest BCUT2D eigenvalue weighted by Gasteiger charge is 2.14. The van der Waals surface area contributed by atoms with Crippen LogP contribution < -0.4 is 5.32 Å². The fraction of sp³-hybridized carbons (Fsp3) is 0.684. The van der Waals surface area contributed by atoms with Crippen molar-refractivity contribution in [3.05, 3.63) is 35.9 Å². The summed E-state index contributed by atoms with van der Waals surface area (Å²) < 4.78 is 1.05. The highest BCUT2D eigenvalue weighted by atomic mass is 28.1.